The first kappa shape index (κ1) is 15.3. The molecule has 1 saturated heterocycles. The average molecular weight is 292 g/mol. The van der Waals surface area contributed by atoms with Gasteiger partial charge in [0, 0.05) is 31.9 Å². The first-order valence-corrected chi connectivity index (χ1v) is 7.09. The van der Waals surface area contributed by atoms with Gasteiger partial charge in [0.05, 0.1) is 13.0 Å². The largest absolute Gasteiger partial charge is 0.481 e. The van der Waals surface area contributed by atoms with Gasteiger partial charge in [-0.3, -0.25) is 9.69 Å². The normalized spacial score (nSPS) is 15.3. The van der Waals surface area contributed by atoms with Crippen molar-refractivity contribution in [1.29, 1.82) is 0 Å². The number of carbonyl (C=O) groups is 2. The summed E-state index contributed by atoms with van der Waals surface area (Å²) in [5.74, 6) is -0.914. The second kappa shape index (κ2) is 7.64. The lowest BCUT2D eigenvalue weighted by Gasteiger charge is -2.29. The topological polar surface area (TPSA) is 70.1 Å². The highest BCUT2D eigenvalue weighted by atomic mass is 16.5. The molecule has 0 unspecified atom stereocenters. The van der Waals surface area contributed by atoms with Crippen molar-refractivity contribution >= 4 is 17.7 Å². The zero-order valence-corrected chi connectivity index (χ0v) is 11.9. The summed E-state index contributed by atoms with van der Waals surface area (Å²) in [5, 5.41) is 8.87. The van der Waals surface area contributed by atoms with Crippen LogP contribution in [0.3, 0.4) is 0 Å². The number of urea groups is 1. The number of anilines is 1. The number of carbonyl (C=O) groups excluding carboxylic acids is 1. The standard InChI is InChI=1S/C15H20N2O4/c18-14(19)7-9-17(13-5-2-1-3-6-13)15(20)16-8-4-11-21-12-10-16/h1-3,5-6H,4,7-12H2,(H,18,19). The van der Waals surface area contributed by atoms with Crippen LogP contribution in [0.2, 0.25) is 0 Å². The number of nitrogens with zero attached hydrogens (tertiary/aromatic N) is 2. The van der Waals surface area contributed by atoms with E-state index in [0.29, 0.717) is 32.0 Å². The van der Waals surface area contributed by atoms with E-state index in [1.165, 1.54) is 4.90 Å². The van der Waals surface area contributed by atoms with Crippen molar-refractivity contribution in [2.75, 3.05) is 37.7 Å². The van der Waals surface area contributed by atoms with Crippen LogP contribution in [0.5, 0.6) is 0 Å². The molecule has 0 saturated carbocycles. The second-order valence-corrected chi connectivity index (χ2v) is 4.87. The van der Waals surface area contributed by atoms with E-state index in [1.807, 2.05) is 30.3 Å². The second-order valence-electron chi connectivity index (χ2n) is 4.87. The first-order valence-electron chi connectivity index (χ1n) is 7.09. The Hall–Kier alpha value is -2.08. The summed E-state index contributed by atoms with van der Waals surface area (Å²) in [5.41, 5.74) is 0.717. The highest BCUT2D eigenvalue weighted by Gasteiger charge is 2.23. The van der Waals surface area contributed by atoms with Crippen molar-refractivity contribution < 1.29 is 19.4 Å². The number of para-hydroxylation sites is 1. The van der Waals surface area contributed by atoms with Gasteiger partial charge in [0.25, 0.3) is 0 Å². The van der Waals surface area contributed by atoms with E-state index >= 15 is 0 Å². The molecule has 0 aliphatic carbocycles. The van der Waals surface area contributed by atoms with Gasteiger partial charge < -0.3 is 14.7 Å². The first-order chi connectivity index (χ1) is 10.2. The lowest BCUT2D eigenvalue weighted by atomic mass is 10.2. The van der Waals surface area contributed by atoms with Gasteiger partial charge in [-0.15, -0.1) is 0 Å². The predicted octanol–water partition coefficient (Wildman–Crippen LogP) is 1.81. The van der Waals surface area contributed by atoms with Crippen molar-refractivity contribution in [2.45, 2.75) is 12.8 Å². The Morgan fingerprint density at radius 3 is 2.67 bits per heavy atom. The van der Waals surface area contributed by atoms with E-state index in [2.05, 4.69) is 0 Å². The minimum absolute atomic E-state index is 0.0784. The number of aliphatic carboxylic acids is 1. The van der Waals surface area contributed by atoms with Gasteiger partial charge in [-0.25, -0.2) is 4.79 Å². The van der Waals surface area contributed by atoms with Gasteiger partial charge in [0.1, 0.15) is 0 Å². The summed E-state index contributed by atoms with van der Waals surface area (Å²) in [6, 6.07) is 9.00. The molecule has 1 fully saturated rings. The summed E-state index contributed by atoms with van der Waals surface area (Å²) in [7, 11) is 0. The van der Waals surface area contributed by atoms with Crippen molar-refractivity contribution in [3.05, 3.63) is 30.3 Å². The number of hydrogen-bond acceptors (Lipinski definition) is 3. The fourth-order valence-electron chi connectivity index (χ4n) is 2.26. The highest BCUT2D eigenvalue weighted by molar-refractivity contribution is 5.92. The quantitative estimate of drug-likeness (QED) is 0.919. The number of carboxylic acid groups (broad SMARTS) is 1. The Balaban J connectivity index is 2.13. The fraction of sp³-hybridized carbons (Fsp3) is 0.467. The van der Waals surface area contributed by atoms with E-state index in [1.54, 1.807) is 4.90 Å². The smallest absolute Gasteiger partial charge is 0.324 e. The molecule has 1 N–H and O–H groups in total. The monoisotopic (exact) mass is 292 g/mol. The van der Waals surface area contributed by atoms with Crippen LogP contribution in [0.4, 0.5) is 10.5 Å². The van der Waals surface area contributed by atoms with E-state index < -0.39 is 5.97 Å². The summed E-state index contributed by atoms with van der Waals surface area (Å²) in [6.45, 7) is 2.51. The predicted molar refractivity (Wildman–Crippen MR) is 78.4 cm³/mol. The molecule has 0 bridgehead atoms. The van der Waals surface area contributed by atoms with Gasteiger partial charge >= 0.3 is 12.0 Å². The van der Waals surface area contributed by atoms with Crippen molar-refractivity contribution in [3.8, 4) is 0 Å². The highest BCUT2D eigenvalue weighted by Crippen LogP contribution is 2.17. The van der Waals surface area contributed by atoms with Gasteiger partial charge in [0.15, 0.2) is 0 Å². The molecule has 1 aliphatic rings. The number of amides is 2. The third-order valence-corrected chi connectivity index (χ3v) is 3.34. The molecule has 6 nitrogen and oxygen atoms in total. The zero-order chi connectivity index (χ0) is 15.1. The molecule has 0 spiro atoms. The molecule has 2 rings (SSSR count). The summed E-state index contributed by atoms with van der Waals surface area (Å²) < 4.78 is 5.35. The minimum Gasteiger partial charge on any atom is -0.481 e. The van der Waals surface area contributed by atoms with Crippen LogP contribution in [0.1, 0.15) is 12.8 Å². The van der Waals surface area contributed by atoms with Crippen LogP contribution in [-0.2, 0) is 9.53 Å². The third kappa shape index (κ3) is 4.46. The van der Waals surface area contributed by atoms with Crippen molar-refractivity contribution in [3.63, 3.8) is 0 Å². The maximum Gasteiger partial charge on any atom is 0.324 e. The molecular formula is C15H20N2O4. The lowest BCUT2D eigenvalue weighted by Crippen LogP contribution is -2.45. The Bertz CT molecular complexity index is 470. The number of rotatable bonds is 4. The summed E-state index contributed by atoms with van der Waals surface area (Å²) in [6.07, 6.45) is 0.721. The Labute approximate surface area is 123 Å². The third-order valence-electron chi connectivity index (χ3n) is 3.34. The molecule has 0 atom stereocenters. The Kier molecular flexibility index (Phi) is 5.57. The maximum absolute atomic E-state index is 12.7. The average Bonchev–Trinajstić information content (AvgIpc) is 2.77. The zero-order valence-electron chi connectivity index (χ0n) is 11.9. The molecule has 1 aliphatic heterocycles. The van der Waals surface area contributed by atoms with Gasteiger partial charge in [0.2, 0.25) is 0 Å². The SMILES string of the molecule is O=C(O)CCN(C(=O)N1CCCOCC1)c1ccccc1. The molecule has 114 valence electrons. The van der Waals surface area contributed by atoms with E-state index in [9.17, 15) is 9.59 Å². The van der Waals surface area contributed by atoms with Crippen LogP contribution in [-0.4, -0.2) is 54.9 Å². The molecule has 6 heteroatoms. The van der Waals surface area contributed by atoms with Crippen LogP contribution in [0.25, 0.3) is 0 Å². The minimum atomic E-state index is -0.914. The molecule has 2 amide bonds. The number of carboxylic acids is 1. The van der Waals surface area contributed by atoms with Gasteiger partial charge in [-0.05, 0) is 18.6 Å². The summed E-state index contributed by atoms with van der Waals surface area (Å²) >= 11 is 0. The Morgan fingerprint density at radius 1 is 1.19 bits per heavy atom. The number of benzene rings is 1. The van der Waals surface area contributed by atoms with E-state index in [0.717, 1.165) is 6.42 Å². The molecule has 1 aromatic rings. The van der Waals surface area contributed by atoms with Crippen LogP contribution >= 0.6 is 0 Å². The molecule has 21 heavy (non-hydrogen) atoms. The number of hydrogen-bond donors (Lipinski definition) is 1. The molecule has 0 aromatic heterocycles. The van der Waals surface area contributed by atoms with Crippen molar-refractivity contribution in [1.82, 2.24) is 4.90 Å². The fourth-order valence-corrected chi connectivity index (χ4v) is 2.26. The van der Waals surface area contributed by atoms with E-state index in [4.69, 9.17) is 9.84 Å². The lowest BCUT2D eigenvalue weighted by molar-refractivity contribution is -0.136. The molecule has 1 aromatic carbocycles. The van der Waals surface area contributed by atoms with Gasteiger partial charge in [-0.1, -0.05) is 18.2 Å². The van der Waals surface area contributed by atoms with Crippen molar-refractivity contribution in [2.24, 2.45) is 0 Å². The molecule has 0 radical (unpaired) electrons. The molecule has 1 heterocycles. The summed E-state index contributed by atoms with van der Waals surface area (Å²) in [4.78, 5) is 26.7. The Morgan fingerprint density at radius 2 is 1.95 bits per heavy atom. The number of ether oxygens (including phenoxy) is 1. The maximum atomic E-state index is 12.7. The van der Waals surface area contributed by atoms with Crippen LogP contribution in [0.15, 0.2) is 30.3 Å². The van der Waals surface area contributed by atoms with Gasteiger partial charge in [-0.2, -0.15) is 0 Å². The van der Waals surface area contributed by atoms with Crippen LogP contribution in [0, 0.1) is 0 Å². The molecular weight excluding hydrogens is 272 g/mol. The van der Waals surface area contributed by atoms with Crippen LogP contribution < -0.4 is 4.90 Å². The van der Waals surface area contributed by atoms with E-state index in [-0.39, 0.29) is 19.0 Å².